The van der Waals surface area contributed by atoms with Crippen LogP contribution in [0.4, 0.5) is 0 Å². The van der Waals surface area contributed by atoms with Crippen molar-refractivity contribution in [1.82, 2.24) is 0 Å². The molecule has 0 aliphatic heterocycles. The van der Waals surface area contributed by atoms with Crippen LogP contribution in [0.3, 0.4) is 0 Å². The predicted octanol–water partition coefficient (Wildman–Crippen LogP) is 4.17. The summed E-state index contributed by atoms with van der Waals surface area (Å²) in [5, 5.41) is 0. The summed E-state index contributed by atoms with van der Waals surface area (Å²) in [7, 11) is -3.10. The van der Waals surface area contributed by atoms with E-state index < -0.39 is 9.84 Å². The standard InChI is InChI=1S/C17H26O3S/c18-15-11-6-4-2-1-3-5-7-12-16-21(19,20)17-13-9-8-10-14-17/h8-10,13-15H,1-7,11-12,16H2. The van der Waals surface area contributed by atoms with Crippen LogP contribution in [0.15, 0.2) is 35.2 Å². The van der Waals surface area contributed by atoms with Gasteiger partial charge >= 0.3 is 0 Å². The van der Waals surface area contributed by atoms with Crippen molar-refractivity contribution in [2.45, 2.75) is 62.7 Å². The Morgan fingerprint density at radius 2 is 1.29 bits per heavy atom. The minimum absolute atomic E-state index is 0.246. The molecule has 1 aromatic carbocycles. The average Bonchev–Trinajstić information content (AvgIpc) is 2.50. The van der Waals surface area contributed by atoms with Crippen molar-refractivity contribution in [3.63, 3.8) is 0 Å². The maximum absolute atomic E-state index is 12.0. The molecule has 0 fully saturated rings. The van der Waals surface area contributed by atoms with Gasteiger partial charge in [0.2, 0.25) is 0 Å². The van der Waals surface area contributed by atoms with Gasteiger partial charge in [0.15, 0.2) is 9.84 Å². The monoisotopic (exact) mass is 310 g/mol. The van der Waals surface area contributed by atoms with Gasteiger partial charge in [0, 0.05) is 6.42 Å². The zero-order valence-electron chi connectivity index (χ0n) is 12.7. The summed E-state index contributed by atoms with van der Waals surface area (Å²) in [6.07, 6.45) is 10.1. The molecular weight excluding hydrogens is 284 g/mol. The molecule has 0 N–H and O–H groups in total. The first kappa shape index (κ1) is 17.9. The second-order valence-corrected chi connectivity index (χ2v) is 7.52. The average molecular weight is 310 g/mol. The van der Waals surface area contributed by atoms with E-state index in [2.05, 4.69) is 0 Å². The first-order valence-electron chi connectivity index (χ1n) is 7.88. The van der Waals surface area contributed by atoms with Crippen LogP contribution in [0.25, 0.3) is 0 Å². The van der Waals surface area contributed by atoms with Gasteiger partial charge in [-0.1, -0.05) is 56.7 Å². The smallest absolute Gasteiger partial charge is 0.178 e. The Morgan fingerprint density at radius 1 is 0.762 bits per heavy atom. The SMILES string of the molecule is O=CCCCCCCCCCCS(=O)(=O)c1ccccc1. The summed E-state index contributed by atoms with van der Waals surface area (Å²) in [6, 6.07) is 8.67. The van der Waals surface area contributed by atoms with Crippen molar-refractivity contribution in [2.75, 3.05) is 5.75 Å². The highest BCUT2D eigenvalue weighted by Gasteiger charge is 2.12. The number of benzene rings is 1. The lowest BCUT2D eigenvalue weighted by Crippen LogP contribution is -2.06. The molecule has 0 atom stereocenters. The molecule has 0 bridgehead atoms. The number of hydrogen-bond acceptors (Lipinski definition) is 3. The van der Waals surface area contributed by atoms with E-state index in [1.807, 2.05) is 6.07 Å². The third-order valence-electron chi connectivity index (χ3n) is 3.59. The van der Waals surface area contributed by atoms with Crippen LogP contribution in [0.1, 0.15) is 57.8 Å². The molecule has 21 heavy (non-hydrogen) atoms. The highest BCUT2D eigenvalue weighted by atomic mass is 32.2. The van der Waals surface area contributed by atoms with Crippen molar-refractivity contribution < 1.29 is 13.2 Å². The van der Waals surface area contributed by atoms with E-state index in [0.717, 1.165) is 44.8 Å². The second-order valence-electron chi connectivity index (χ2n) is 5.42. The molecular formula is C17H26O3S. The quantitative estimate of drug-likeness (QED) is 0.430. The van der Waals surface area contributed by atoms with E-state index in [4.69, 9.17) is 0 Å². The zero-order valence-corrected chi connectivity index (χ0v) is 13.5. The lowest BCUT2D eigenvalue weighted by Gasteiger charge is -2.04. The summed E-state index contributed by atoms with van der Waals surface area (Å²) in [5.74, 6) is 0.246. The fourth-order valence-corrected chi connectivity index (χ4v) is 3.72. The lowest BCUT2D eigenvalue weighted by molar-refractivity contribution is -0.107. The number of hydrogen-bond donors (Lipinski definition) is 0. The molecule has 118 valence electrons. The second kappa shape index (κ2) is 10.6. The molecule has 0 radical (unpaired) electrons. The molecule has 0 saturated heterocycles. The van der Waals surface area contributed by atoms with Gasteiger partial charge in [-0.05, 0) is 25.0 Å². The Kier molecular flexibility index (Phi) is 8.99. The summed E-state index contributed by atoms with van der Waals surface area (Å²) in [5.41, 5.74) is 0. The van der Waals surface area contributed by atoms with Gasteiger partial charge in [-0.3, -0.25) is 0 Å². The van der Waals surface area contributed by atoms with Crippen LogP contribution in [-0.2, 0) is 14.6 Å². The van der Waals surface area contributed by atoms with Crippen LogP contribution in [0, 0.1) is 0 Å². The summed E-state index contributed by atoms with van der Waals surface area (Å²) < 4.78 is 24.1. The van der Waals surface area contributed by atoms with E-state index in [1.54, 1.807) is 24.3 Å². The molecule has 1 aromatic rings. The molecule has 0 spiro atoms. The number of rotatable bonds is 12. The number of carbonyl (C=O) groups is 1. The fourth-order valence-electron chi connectivity index (χ4n) is 2.33. The fraction of sp³-hybridized carbons (Fsp3) is 0.588. The third kappa shape index (κ3) is 8.00. The van der Waals surface area contributed by atoms with E-state index in [-0.39, 0.29) is 5.75 Å². The maximum Gasteiger partial charge on any atom is 0.178 e. The minimum atomic E-state index is -3.10. The normalized spacial score (nSPS) is 11.4. The molecule has 1 rings (SSSR count). The zero-order chi connectivity index (χ0) is 15.4. The summed E-state index contributed by atoms with van der Waals surface area (Å²) in [6.45, 7) is 0. The maximum atomic E-state index is 12.0. The summed E-state index contributed by atoms with van der Waals surface area (Å²) >= 11 is 0. The molecule has 0 heterocycles. The van der Waals surface area contributed by atoms with Crippen LogP contribution < -0.4 is 0 Å². The van der Waals surface area contributed by atoms with Gasteiger partial charge in [-0.2, -0.15) is 0 Å². The van der Waals surface area contributed by atoms with Gasteiger partial charge in [0.05, 0.1) is 10.6 Å². The van der Waals surface area contributed by atoms with Gasteiger partial charge in [-0.15, -0.1) is 0 Å². The Hall–Kier alpha value is -1.16. The predicted molar refractivity (Wildman–Crippen MR) is 86.1 cm³/mol. The molecule has 0 aliphatic carbocycles. The van der Waals surface area contributed by atoms with Crippen molar-refractivity contribution in [1.29, 1.82) is 0 Å². The van der Waals surface area contributed by atoms with Crippen LogP contribution >= 0.6 is 0 Å². The Bertz CT molecular complexity index is 480. The Morgan fingerprint density at radius 3 is 1.86 bits per heavy atom. The molecule has 0 aliphatic rings. The van der Waals surface area contributed by atoms with Gasteiger partial charge < -0.3 is 4.79 Å². The first-order chi connectivity index (χ1) is 10.2. The van der Waals surface area contributed by atoms with Crippen molar-refractivity contribution in [2.24, 2.45) is 0 Å². The van der Waals surface area contributed by atoms with Gasteiger partial charge in [0.1, 0.15) is 6.29 Å². The van der Waals surface area contributed by atoms with Crippen molar-refractivity contribution in [3.8, 4) is 0 Å². The van der Waals surface area contributed by atoms with E-state index >= 15 is 0 Å². The number of sulfone groups is 1. The lowest BCUT2D eigenvalue weighted by atomic mass is 10.1. The number of unbranched alkanes of at least 4 members (excludes halogenated alkanes) is 8. The summed E-state index contributed by atoms with van der Waals surface area (Å²) in [4.78, 5) is 10.6. The number of carbonyl (C=O) groups excluding carboxylic acids is 1. The molecule has 0 amide bonds. The topological polar surface area (TPSA) is 51.2 Å². The Balaban J connectivity index is 2.05. The van der Waals surface area contributed by atoms with Gasteiger partial charge in [-0.25, -0.2) is 8.42 Å². The highest BCUT2D eigenvalue weighted by Crippen LogP contribution is 2.14. The Labute approximate surface area is 128 Å². The highest BCUT2D eigenvalue weighted by molar-refractivity contribution is 7.91. The number of aldehydes is 1. The van der Waals surface area contributed by atoms with Crippen molar-refractivity contribution in [3.05, 3.63) is 30.3 Å². The van der Waals surface area contributed by atoms with Gasteiger partial charge in [0.25, 0.3) is 0 Å². The van der Waals surface area contributed by atoms with E-state index in [1.165, 1.54) is 12.8 Å². The van der Waals surface area contributed by atoms with Crippen LogP contribution in [0.5, 0.6) is 0 Å². The van der Waals surface area contributed by atoms with E-state index in [0.29, 0.717) is 11.3 Å². The van der Waals surface area contributed by atoms with Crippen molar-refractivity contribution >= 4 is 16.1 Å². The molecule has 0 aromatic heterocycles. The van der Waals surface area contributed by atoms with Crippen LogP contribution in [-0.4, -0.2) is 20.5 Å². The molecule has 0 saturated carbocycles. The minimum Gasteiger partial charge on any atom is -0.303 e. The first-order valence-corrected chi connectivity index (χ1v) is 9.53. The molecule has 3 nitrogen and oxygen atoms in total. The molecule has 4 heteroatoms. The van der Waals surface area contributed by atoms with Crippen LogP contribution in [0.2, 0.25) is 0 Å². The molecule has 0 unspecified atom stereocenters. The van der Waals surface area contributed by atoms with E-state index in [9.17, 15) is 13.2 Å². The largest absolute Gasteiger partial charge is 0.303 e. The third-order valence-corrected chi connectivity index (χ3v) is 5.40.